The number of hydrogen-bond acceptors (Lipinski definition) is 5. The average molecular weight is 274 g/mol. The Morgan fingerprint density at radius 3 is 3.11 bits per heavy atom. The molecule has 0 aromatic carbocycles. The van der Waals surface area contributed by atoms with Crippen LogP contribution in [0.5, 0.6) is 0 Å². The number of nitrogens with zero attached hydrogens (tertiary/aromatic N) is 3. The number of thiazole rings is 1. The molecule has 4 nitrogen and oxygen atoms in total. The Kier molecular flexibility index (Phi) is 3.57. The van der Waals surface area contributed by atoms with Gasteiger partial charge >= 0.3 is 0 Å². The summed E-state index contributed by atoms with van der Waals surface area (Å²) < 4.78 is 0. The van der Waals surface area contributed by atoms with Gasteiger partial charge in [0.2, 0.25) is 0 Å². The first-order valence-corrected chi connectivity index (χ1v) is 7.54. The lowest BCUT2D eigenvalue weighted by Gasteiger charge is -2.20. The summed E-state index contributed by atoms with van der Waals surface area (Å²) in [5.41, 5.74) is 2.24. The van der Waals surface area contributed by atoms with Gasteiger partial charge in [0.1, 0.15) is 16.5 Å². The molecule has 0 saturated carbocycles. The van der Waals surface area contributed by atoms with Gasteiger partial charge in [-0.25, -0.2) is 15.0 Å². The molecule has 19 heavy (non-hydrogen) atoms. The molecule has 5 heteroatoms. The monoisotopic (exact) mass is 274 g/mol. The minimum atomic E-state index is 0.557. The molecular formula is C14H18N4S. The second-order valence-electron chi connectivity index (χ2n) is 4.96. The zero-order valence-corrected chi connectivity index (χ0v) is 12.1. The normalized spacial score (nSPS) is 18.3. The number of likely N-dealkylation sites (N-methyl/N-ethyl adjacent to an activating group) is 1. The largest absolute Gasteiger partial charge is 0.319 e. The van der Waals surface area contributed by atoms with E-state index in [0.29, 0.717) is 5.92 Å². The summed E-state index contributed by atoms with van der Waals surface area (Å²) in [6.07, 6.45) is 5.48. The fraction of sp³-hybridized carbons (Fsp3) is 0.500. The fourth-order valence-corrected chi connectivity index (χ4v) is 3.80. The second-order valence-corrected chi connectivity index (χ2v) is 6.05. The molecular weight excluding hydrogens is 256 g/mol. The molecule has 0 saturated heterocycles. The lowest BCUT2D eigenvalue weighted by molar-refractivity contribution is 0.523. The first-order valence-electron chi connectivity index (χ1n) is 6.72. The molecule has 2 aromatic heterocycles. The minimum absolute atomic E-state index is 0.557. The molecule has 1 atom stereocenters. The summed E-state index contributed by atoms with van der Waals surface area (Å²) in [7, 11) is 2.01. The highest BCUT2D eigenvalue weighted by Gasteiger charge is 2.24. The van der Waals surface area contributed by atoms with Crippen molar-refractivity contribution >= 4 is 11.3 Å². The molecule has 2 heterocycles. The standard InChI is InChI=1S/C14H18N4S/c1-9-16-7-6-11(17-9)14-18-13-10(8-15-2)4-3-5-12(13)19-14/h6-7,10,15H,3-5,8H2,1-2H3. The van der Waals surface area contributed by atoms with Crippen LogP contribution in [0.1, 0.15) is 35.2 Å². The third-order valence-electron chi connectivity index (χ3n) is 3.52. The Bertz CT molecular complexity index is 579. The van der Waals surface area contributed by atoms with Gasteiger partial charge in [-0.05, 0) is 39.3 Å². The van der Waals surface area contributed by atoms with Crippen LogP contribution in [0, 0.1) is 6.92 Å². The summed E-state index contributed by atoms with van der Waals surface area (Å²) in [4.78, 5) is 14.9. The maximum atomic E-state index is 4.85. The van der Waals surface area contributed by atoms with Gasteiger partial charge in [-0.2, -0.15) is 0 Å². The Morgan fingerprint density at radius 1 is 1.42 bits per heavy atom. The molecule has 0 aliphatic heterocycles. The van der Waals surface area contributed by atoms with Crippen LogP contribution in [-0.4, -0.2) is 28.5 Å². The molecule has 100 valence electrons. The number of hydrogen-bond donors (Lipinski definition) is 1. The van der Waals surface area contributed by atoms with E-state index in [1.165, 1.54) is 23.4 Å². The van der Waals surface area contributed by atoms with Gasteiger partial charge in [-0.1, -0.05) is 0 Å². The lowest BCUT2D eigenvalue weighted by Crippen LogP contribution is -2.20. The summed E-state index contributed by atoms with van der Waals surface area (Å²) in [5, 5.41) is 4.32. The van der Waals surface area contributed by atoms with Crippen LogP contribution in [0.3, 0.4) is 0 Å². The van der Waals surface area contributed by atoms with Crippen molar-refractivity contribution in [1.82, 2.24) is 20.3 Å². The fourth-order valence-electron chi connectivity index (χ4n) is 2.64. The van der Waals surface area contributed by atoms with E-state index in [1.807, 2.05) is 26.2 Å². The minimum Gasteiger partial charge on any atom is -0.319 e. The summed E-state index contributed by atoms with van der Waals surface area (Å²) in [5.74, 6) is 1.36. The maximum absolute atomic E-state index is 4.85. The molecule has 0 fully saturated rings. The summed E-state index contributed by atoms with van der Waals surface area (Å²) in [6.45, 7) is 2.93. The van der Waals surface area contributed by atoms with Crippen molar-refractivity contribution in [3.63, 3.8) is 0 Å². The van der Waals surface area contributed by atoms with Gasteiger partial charge < -0.3 is 5.32 Å². The Labute approximate surface area is 117 Å². The molecule has 0 radical (unpaired) electrons. The SMILES string of the molecule is CNCC1CCCc2sc(-c3ccnc(C)n3)nc21. The van der Waals surface area contributed by atoms with Gasteiger partial charge in [0.25, 0.3) is 0 Å². The first-order chi connectivity index (χ1) is 9.28. The molecule has 1 N–H and O–H groups in total. The van der Waals surface area contributed by atoms with Gasteiger partial charge in [-0.3, -0.25) is 0 Å². The third kappa shape index (κ3) is 2.53. The molecule has 1 aliphatic carbocycles. The first kappa shape index (κ1) is 12.7. The van der Waals surface area contributed by atoms with Gasteiger partial charge in [0.05, 0.1) is 5.69 Å². The van der Waals surface area contributed by atoms with Gasteiger partial charge in [0.15, 0.2) is 0 Å². The summed E-state index contributed by atoms with van der Waals surface area (Å²) in [6, 6.07) is 1.95. The van der Waals surface area contributed by atoms with Crippen LogP contribution in [-0.2, 0) is 6.42 Å². The van der Waals surface area contributed by atoms with Crippen LogP contribution < -0.4 is 5.32 Å². The Hall–Kier alpha value is -1.33. The van der Waals surface area contributed by atoms with Crippen molar-refractivity contribution in [2.24, 2.45) is 0 Å². The number of rotatable bonds is 3. The van der Waals surface area contributed by atoms with E-state index in [0.717, 1.165) is 29.5 Å². The highest BCUT2D eigenvalue weighted by Crippen LogP contribution is 2.37. The van der Waals surface area contributed by atoms with Crippen LogP contribution in [0.2, 0.25) is 0 Å². The van der Waals surface area contributed by atoms with E-state index < -0.39 is 0 Å². The van der Waals surface area contributed by atoms with Crippen molar-refractivity contribution < 1.29 is 0 Å². The van der Waals surface area contributed by atoms with E-state index in [4.69, 9.17) is 4.98 Å². The Morgan fingerprint density at radius 2 is 2.32 bits per heavy atom. The molecule has 0 amide bonds. The number of aryl methyl sites for hydroxylation is 2. The zero-order valence-electron chi connectivity index (χ0n) is 11.3. The third-order valence-corrected chi connectivity index (χ3v) is 4.67. The molecule has 0 bridgehead atoms. The van der Waals surface area contributed by atoms with E-state index in [-0.39, 0.29) is 0 Å². The second kappa shape index (κ2) is 5.35. The zero-order chi connectivity index (χ0) is 13.2. The molecule has 2 aromatic rings. The average Bonchev–Trinajstić information content (AvgIpc) is 2.84. The van der Waals surface area contributed by atoms with Crippen molar-refractivity contribution in [2.45, 2.75) is 32.1 Å². The summed E-state index contributed by atoms with van der Waals surface area (Å²) >= 11 is 1.80. The van der Waals surface area contributed by atoms with Crippen LogP contribution in [0.4, 0.5) is 0 Å². The van der Waals surface area contributed by atoms with Crippen LogP contribution in [0.15, 0.2) is 12.3 Å². The van der Waals surface area contributed by atoms with Gasteiger partial charge in [-0.15, -0.1) is 11.3 Å². The van der Waals surface area contributed by atoms with Gasteiger partial charge in [0, 0.05) is 23.5 Å². The van der Waals surface area contributed by atoms with Crippen molar-refractivity contribution in [3.8, 4) is 10.7 Å². The molecule has 3 rings (SSSR count). The Balaban J connectivity index is 1.97. The lowest BCUT2D eigenvalue weighted by atomic mass is 9.91. The van der Waals surface area contributed by atoms with Crippen LogP contribution in [0.25, 0.3) is 10.7 Å². The predicted octanol–water partition coefficient (Wildman–Crippen LogP) is 2.55. The van der Waals surface area contributed by atoms with Crippen molar-refractivity contribution in [1.29, 1.82) is 0 Å². The maximum Gasteiger partial charge on any atom is 0.142 e. The number of nitrogens with one attached hydrogen (secondary N) is 1. The topological polar surface area (TPSA) is 50.7 Å². The van der Waals surface area contributed by atoms with Crippen molar-refractivity contribution in [2.75, 3.05) is 13.6 Å². The van der Waals surface area contributed by atoms with Crippen molar-refractivity contribution in [3.05, 3.63) is 28.7 Å². The van der Waals surface area contributed by atoms with E-state index >= 15 is 0 Å². The van der Waals surface area contributed by atoms with E-state index in [9.17, 15) is 0 Å². The predicted molar refractivity (Wildman–Crippen MR) is 77.5 cm³/mol. The van der Waals surface area contributed by atoms with Crippen LogP contribution >= 0.6 is 11.3 Å². The molecule has 0 spiro atoms. The molecule has 1 aliphatic rings. The molecule has 1 unspecified atom stereocenters. The quantitative estimate of drug-likeness (QED) is 0.934. The van der Waals surface area contributed by atoms with E-state index in [1.54, 1.807) is 11.3 Å². The smallest absolute Gasteiger partial charge is 0.142 e. The van der Waals surface area contributed by atoms with E-state index in [2.05, 4.69) is 15.3 Å². The number of fused-ring (bicyclic) bond motifs is 1. The highest BCUT2D eigenvalue weighted by atomic mass is 32.1. The highest BCUT2D eigenvalue weighted by molar-refractivity contribution is 7.15. The number of aromatic nitrogens is 3.